The summed E-state index contributed by atoms with van der Waals surface area (Å²) in [5, 5.41) is 7.61. The molecule has 122 valence electrons. The van der Waals surface area contributed by atoms with Gasteiger partial charge in [-0.1, -0.05) is 15.9 Å². The van der Waals surface area contributed by atoms with Crippen molar-refractivity contribution in [2.75, 3.05) is 10.6 Å². The van der Waals surface area contributed by atoms with E-state index in [1.807, 2.05) is 44.2 Å². The number of nitrogens with one attached hydrogen (secondary N) is 2. The monoisotopic (exact) mass is 402 g/mol. The van der Waals surface area contributed by atoms with Crippen LogP contribution in [0.2, 0.25) is 0 Å². The third-order valence-corrected chi connectivity index (χ3v) is 4.72. The minimum absolute atomic E-state index is 0.358. The average molecular weight is 403 g/mol. The summed E-state index contributed by atoms with van der Waals surface area (Å²) in [5.41, 5.74) is 3.83. The fourth-order valence-corrected chi connectivity index (χ4v) is 2.90. The van der Waals surface area contributed by atoms with Gasteiger partial charge in [0.25, 0.3) is 0 Å². The highest BCUT2D eigenvalue weighted by atomic mass is 79.9. The maximum atomic E-state index is 11.5. The summed E-state index contributed by atoms with van der Waals surface area (Å²) in [6.45, 7) is 3.90. The fraction of sp³-hybridized carbons (Fsp3) is 0.111. The van der Waals surface area contributed by atoms with Crippen LogP contribution < -0.4 is 16.3 Å². The van der Waals surface area contributed by atoms with Crippen LogP contribution in [0.3, 0.4) is 0 Å². The molecule has 6 heteroatoms. The first kappa shape index (κ1) is 16.7. The summed E-state index contributed by atoms with van der Waals surface area (Å²) in [4.78, 5) is 11.5. The van der Waals surface area contributed by atoms with Crippen molar-refractivity contribution < 1.29 is 4.42 Å². The topological polar surface area (TPSA) is 54.3 Å². The van der Waals surface area contributed by atoms with Gasteiger partial charge in [-0.3, -0.25) is 0 Å². The number of hydrogen-bond donors (Lipinski definition) is 2. The minimum Gasteiger partial charge on any atom is -0.423 e. The van der Waals surface area contributed by atoms with Gasteiger partial charge in [0.1, 0.15) is 5.58 Å². The third kappa shape index (κ3) is 3.66. The minimum atomic E-state index is -0.358. The Balaban J connectivity index is 1.80. The van der Waals surface area contributed by atoms with E-state index in [0.717, 1.165) is 32.4 Å². The van der Waals surface area contributed by atoms with Gasteiger partial charge < -0.3 is 15.1 Å². The molecule has 0 aliphatic heterocycles. The third-order valence-electron chi connectivity index (χ3n) is 3.63. The van der Waals surface area contributed by atoms with Gasteiger partial charge in [-0.15, -0.1) is 0 Å². The predicted molar refractivity (Wildman–Crippen MR) is 106 cm³/mol. The lowest BCUT2D eigenvalue weighted by Crippen LogP contribution is -2.19. The normalized spacial score (nSPS) is 10.6. The summed E-state index contributed by atoms with van der Waals surface area (Å²) in [7, 11) is 0. The van der Waals surface area contributed by atoms with Gasteiger partial charge in [-0.05, 0) is 67.5 Å². The molecule has 0 aliphatic rings. The van der Waals surface area contributed by atoms with Crippen LogP contribution in [0.4, 0.5) is 11.4 Å². The molecule has 0 radical (unpaired) electrons. The largest absolute Gasteiger partial charge is 0.423 e. The highest BCUT2D eigenvalue weighted by Crippen LogP contribution is 2.22. The van der Waals surface area contributed by atoms with Crippen molar-refractivity contribution in [1.29, 1.82) is 0 Å². The van der Waals surface area contributed by atoms with E-state index in [2.05, 4.69) is 26.6 Å². The first-order valence-corrected chi connectivity index (χ1v) is 8.51. The second-order valence-electron chi connectivity index (χ2n) is 5.50. The molecule has 24 heavy (non-hydrogen) atoms. The Kier molecular flexibility index (Phi) is 4.69. The van der Waals surface area contributed by atoms with Crippen molar-refractivity contribution >= 4 is 55.6 Å². The molecule has 0 bridgehead atoms. The van der Waals surface area contributed by atoms with Gasteiger partial charge in [0.15, 0.2) is 5.11 Å². The zero-order valence-electron chi connectivity index (χ0n) is 13.1. The number of anilines is 2. The summed E-state index contributed by atoms with van der Waals surface area (Å²) < 4.78 is 6.30. The fourth-order valence-electron chi connectivity index (χ4n) is 2.42. The second-order valence-corrected chi connectivity index (χ2v) is 6.77. The summed E-state index contributed by atoms with van der Waals surface area (Å²) >= 11 is 8.81. The van der Waals surface area contributed by atoms with Crippen molar-refractivity contribution in [3.63, 3.8) is 0 Å². The van der Waals surface area contributed by atoms with E-state index in [0.29, 0.717) is 10.7 Å². The van der Waals surface area contributed by atoms with Crippen molar-refractivity contribution in [3.8, 4) is 0 Å². The number of thiocarbonyl (C=S) groups is 1. The molecule has 0 saturated heterocycles. The SMILES string of the molecule is Cc1cc(NC(=S)Nc2ccc3c(C)cc(=O)oc3c2)ccc1Br. The highest BCUT2D eigenvalue weighted by molar-refractivity contribution is 9.10. The second kappa shape index (κ2) is 6.75. The number of aryl methyl sites for hydroxylation is 2. The lowest BCUT2D eigenvalue weighted by Gasteiger charge is -2.12. The molecule has 2 N–H and O–H groups in total. The number of fused-ring (bicyclic) bond motifs is 1. The molecule has 1 aromatic heterocycles. The Labute approximate surface area is 153 Å². The van der Waals surface area contributed by atoms with E-state index in [-0.39, 0.29) is 5.63 Å². The maximum absolute atomic E-state index is 11.5. The molecule has 3 rings (SSSR count). The van der Waals surface area contributed by atoms with Crippen LogP contribution in [0.5, 0.6) is 0 Å². The van der Waals surface area contributed by atoms with Gasteiger partial charge in [-0.2, -0.15) is 0 Å². The van der Waals surface area contributed by atoms with Gasteiger partial charge >= 0.3 is 5.63 Å². The molecular weight excluding hydrogens is 388 g/mol. The van der Waals surface area contributed by atoms with Crippen molar-refractivity contribution in [2.45, 2.75) is 13.8 Å². The lowest BCUT2D eigenvalue weighted by atomic mass is 10.1. The zero-order chi connectivity index (χ0) is 17.3. The van der Waals surface area contributed by atoms with Gasteiger partial charge in [-0.25, -0.2) is 4.79 Å². The van der Waals surface area contributed by atoms with Crippen LogP contribution in [-0.2, 0) is 0 Å². The van der Waals surface area contributed by atoms with E-state index in [1.165, 1.54) is 6.07 Å². The zero-order valence-corrected chi connectivity index (χ0v) is 15.5. The Bertz CT molecular complexity index is 998. The van der Waals surface area contributed by atoms with Crippen LogP contribution in [0, 0.1) is 13.8 Å². The van der Waals surface area contributed by atoms with Crippen LogP contribution in [0.25, 0.3) is 11.0 Å². The van der Waals surface area contributed by atoms with E-state index < -0.39 is 0 Å². The van der Waals surface area contributed by atoms with Crippen LogP contribution in [-0.4, -0.2) is 5.11 Å². The molecule has 0 amide bonds. The average Bonchev–Trinajstić information content (AvgIpc) is 2.50. The molecule has 0 saturated carbocycles. The Hall–Kier alpha value is -2.18. The Morgan fingerprint density at radius 2 is 1.67 bits per heavy atom. The standard InChI is InChI=1S/C18H15BrN2O2S/c1-10-8-17(22)23-16-9-13(3-5-14(10)16)21-18(24)20-12-4-6-15(19)11(2)7-12/h3-9H,1-2H3,(H2,20,21,24). The smallest absolute Gasteiger partial charge is 0.336 e. The summed E-state index contributed by atoms with van der Waals surface area (Å²) in [6, 6.07) is 13.0. The van der Waals surface area contributed by atoms with Crippen molar-refractivity contribution in [2.24, 2.45) is 0 Å². The molecule has 1 heterocycles. The molecule has 0 spiro atoms. The highest BCUT2D eigenvalue weighted by Gasteiger charge is 2.05. The first-order valence-electron chi connectivity index (χ1n) is 7.31. The first-order chi connectivity index (χ1) is 11.4. The van der Waals surface area contributed by atoms with Gasteiger partial charge in [0, 0.05) is 33.4 Å². The quantitative estimate of drug-likeness (QED) is 0.467. The number of halogens is 1. The van der Waals surface area contributed by atoms with E-state index >= 15 is 0 Å². The van der Waals surface area contributed by atoms with Crippen LogP contribution in [0.1, 0.15) is 11.1 Å². The molecule has 0 aliphatic carbocycles. The van der Waals surface area contributed by atoms with E-state index in [9.17, 15) is 4.79 Å². The van der Waals surface area contributed by atoms with Gasteiger partial charge in [0.2, 0.25) is 0 Å². The van der Waals surface area contributed by atoms with Crippen molar-refractivity contribution in [3.05, 3.63) is 68.5 Å². The maximum Gasteiger partial charge on any atom is 0.336 e. The number of hydrogen-bond acceptors (Lipinski definition) is 3. The number of benzene rings is 2. The summed E-state index contributed by atoms with van der Waals surface area (Å²) in [5.74, 6) is 0. The van der Waals surface area contributed by atoms with Gasteiger partial charge in [0.05, 0.1) is 0 Å². The Morgan fingerprint density at radius 3 is 2.38 bits per heavy atom. The molecule has 0 fully saturated rings. The molecule has 4 nitrogen and oxygen atoms in total. The van der Waals surface area contributed by atoms with Crippen LogP contribution >= 0.6 is 28.1 Å². The van der Waals surface area contributed by atoms with Crippen molar-refractivity contribution in [1.82, 2.24) is 0 Å². The van der Waals surface area contributed by atoms with E-state index in [1.54, 1.807) is 6.07 Å². The molecular formula is C18H15BrN2O2S. The molecule has 3 aromatic rings. The molecule has 2 aromatic carbocycles. The van der Waals surface area contributed by atoms with Crippen LogP contribution in [0.15, 0.2) is 56.1 Å². The molecule has 0 atom stereocenters. The lowest BCUT2D eigenvalue weighted by molar-refractivity contribution is 0.560. The molecule has 0 unspecified atom stereocenters. The summed E-state index contributed by atoms with van der Waals surface area (Å²) in [6.07, 6.45) is 0. The number of rotatable bonds is 2. The Morgan fingerprint density at radius 1 is 1.00 bits per heavy atom. The predicted octanol–water partition coefficient (Wildman–Crippen LogP) is 4.98. The van der Waals surface area contributed by atoms with E-state index in [4.69, 9.17) is 16.6 Å².